The largest absolute Gasteiger partial charge is 0.296 e. The molecule has 1 rings (SSSR count). The van der Waals surface area contributed by atoms with Gasteiger partial charge >= 0.3 is 0 Å². The highest BCUT2D eigenvalue weighted by Gasteiger charge is 2.02. The number of aryl methyl sites for hydroxylation is 2. The van der Waals surface area contributed by atoms with Gasteiger partial charge in [-0.05, 0) is 41.4 Å². The third kappa shape index (κ3) is 1.66. The zero-order valence-corrected chi connectivity index (χ0v) is 7.97. The van der Waals surface area contributed by atoms with Crippen LogP contribution >= 0.6 is 15.9 Å². The number of pyridine rings is 1. The van der Waals surface area contributed by atoms with E-state index in [1.807, 2.05) is 19.9 Å². The number of hydrogen-bond acceptors (Lipinski definition) is 2. The van der Waals surface area contributed by atoms with Gasteiger partial charge in [0.05, 0.1) is 0 Å². The summed E-state index contributed by atoms with van der Waals surface area (Å²) >= 11 is 3.25. The fourth-order valence-corrected chi connectivity index (χ4v) is 1.30. The first-order chi connectivity index (χ1) is 5.15. The van der Waals surface area contributed by atoms with Gasteiger partial charge in [-0.25, -0.2) is 4.98 Å². The second-order valence-electron chi connectivity index (χ2n) is 2.38. The number of nitrogens with zero attached hydrogens (tertiary/aromatic N) is 1. The standard InChI is InChI=1S/C8H8BrNO/c1-5-3-7(9)8(4-11)10-6(5)2/h3-4H,1-2H3. The van der Waals surface area contributed by atoms with E-state index in [2.05, 4.69) is 20.9 Å². The van der Waals surface area contributed by atoms with Crippen molar-refractivity contribution < 1.29 is 4.79 Å². The summed E-state index contributed by atoms with van der Waals surface area (Å²) in [6.07, 6.45) is 0.747. The van der Waals surface area contributed by atoms with Gasteiger partial charge in [0.1, 0.15) is 5.69 Å². The molecule has 3 heteroatoms. The van der Waals surface area contributed by atoms with Crippen molar-refractivity contribution in [3.63, 3.8) is 0 Å². The van der Waals surface area contributed by atoms with Gasteiger partial charge in [0.15, 0.2) is 6.29 Å². The maximum atomic E-state index is 10.4. The summed E-state index contributed by atoms with van der Waals surface area (Å²) in [5, 5.41) is 0. The van der Waals surface area contributed by atoms with Gasteiger partial charge < -0.3 is 0 Å². The molecule has 1 aromatic rings. The van der Waals surface area contributed by atoms with Crippen LogP contribution in [0.1, 0.15) is 21.7 Å². The van der Waals surface area contributed by atoms with Crippen molar-refractivity contribution in [2.45, 2.75) is 13.8 Å². The maximum absolute atomic E-state index is 10.4. The Bertz CT molecular complexity index is 296. The Labute approximate surface area is 73.8 Å². The SMILES string of the molecule is Cc1cc(Br)c(C=O)nc1C. The van der Waals surface area contributed by atoms with Crippen molar-refractivity contribution in [2.75, 3.05) is 0 Å². The number of carbonyl (C=O) groups is 1. The minimum Gasteiger partial charge on any atom is -0.296 e. The van der Waals surface area contributed by atoms with Crippen LogP contribution in [0.4, 0.5) is 0 Å². The van der Waals surface area contributed by atoms with Crippen LogP contribution in [-0.2, 0) is 0 Å². The summed E-state index contributed by atoms with van der Waals surface area (Å²) in [5.41, 5.74) is 2.45. The lowest BCUT2D eigenvalue weighted by Crippen LogP contribution is -1.94. The van der Waals surface area contributed by atoms with Gasteiger partial charge in [0, 0.05) is 10.2 Å². The first kappa shape index (κ1) is 8.40. The Morgan fingerprint density at radius 1 is 1.55 bits per heavy atom. The van der Waals surface area contributed by atoms with Crippen LogP contribution < -0.4 is 0 Å². The Morgan fingerprint density at radius 2 is 2.18 bits per heavy atom. The minimum absolute atomic E-state index is 0.466. The van der Waals surface area contributed by atoms with Crippen molar-refractivity contribution >= 4 is 22.2 Å². The van der Waals surface area contributed by atoms with E-state index in [0.29, 0.717) is 5.69 Å². The molecule has 0 N–H and O–H groups in total. The molecule has 1 aromatic heterocycles. The minimum atomic E-state index is 0.466. The molecule has 0 saturated carbocycles. The molecule has 11 heavy (non-hydrogen) atoms. The zero-order valence-electron chi connectivity index (χ0n) is 6.39. The van der Waals surface area contributed by atoms with E-state index in [1.165, 1.54) is 0 Å². The van der Waals surface area contributed by atoms with E-state index < -0.39 is 0 Å². The molecule has 58 valence electrons. The predicted molar refractivity (Wildman–Crippen MR) is 46.8 cm³/mol. The molecule has 0 aliphatic rings. The molecular weight excluding hydrogens is 206 g/mol. The number of halogens is 1. The van der Waals surface area contributed by atoms with Gasteiger partial charge in [-0.15, -0.1) is 0 Å². The van der Waals surface area contributed by atoms with Crippen molar-refractivity contribution in [3.8, 4) is 0 Å². The lowest BCUT2D eigenvalue weighted by Gasteiger charge is -2.00. The first-order valence-electron chi connectivity index (χ1n) is 3.24. The highest BCUT2D eigenvalue weighted by molar-refractivity contribution is 9.10. The molecule has 0 amide bonds. The molecule has 0 unspecified atom stereocenters. The van der Waals surface area contributed by atoms with E-state index >= 15 is 0 Å². The van der Waals surface area contributed by atoms with E-state index in [4.69, 9.17) is 0 Å². The molecule has 0 atom stereocenters. The first-order valence-corrected chi connectivity index (χ1v) is 4.03. The highest BCUT2D eigenvalue weighted by atomic mass is 79.9. The second kappa shape index (κ2) is 3.13. The molecule has 0 fully saturated rings. The zero-order chi connectivity index (χ0) is 8.43. The van der Waals surface area contributed by atoms with E-state index in [1.54, 1.807) is 0 Å². The Kier molecular flexibility index (Phi) is 2.39. The fraction of sp³-hybridized carbons (Fsp3) is 0.250. The van der Waals surface area contributed by atoms with Crippen LogP contribution in [0, 0.1) is 13.8 Å². The predicted octanol–water partition coefficient (Wildman–Crippen LogP) is 2.27. The fourth-order valence-electron chi connectivity index (χ4n) is 0.773. The summed E-state index contributed by atoms with van der Waals surface area (Å²) < 4.78 is 0.760. The number of carbonyl (C=O) groups excluding carboxylic acids is 1. The summed E-state index contributed by atoms with van der Waals surface area (Å²) in [7, 11) is 0. The Morgan fingerprint density at radius 3 is 2.73 bits per heavy atom. The summed E-state index contributed by atoms with van der Waals surface area (Å²) in [5.74, 6) is 0. The molecule has 1 heterocycles. The maximum Gasteiger partial charge on any atom is 0.169 e. The molecular formula is C8H8BrNO. The van der Waals surface area contributed by atoms with Crippen molar-refractivity contribution in [3.05, 3.63) is 27.5 Å². The smallest absolute Gasteiger partial charge is 0.169 e. The van der Waals surface area contributed by atoms with Crippen LogP contribution in [0.25, 0.3) is 0 Å². The third-order valence-electron chi connectivity index (χ3n) is 1.56. The quantitative estimate of drug-likeness (QED) is 0.671. The van der Waals surface area contributed by atoms with Crippen LogP contribution in [-0.4, -0.2) is 11.3 Å². The average molecular weight is 214 g/mol. The molecule has 2 nitrogen and oxygen atoms in total. The normalized spacial score (nSPS) is 9.73. The summed E-state index contributed by atoms with van der Waals surface area (Å²) in [6.45, 7) is 3.84. The molecule has 0 aromatic carbocycles. The summed E-state index contributed by atoms with van der Waals surface area (Å²) in [6, 6.07) is 1.89. The van der Waals surface area contributed by atoms with Crippen LogP contribution in [0.3, 0.4) is 0 Å². The van der Waals surface area contributed by atoms with E-state index in [-0.39, 0.29) is 0 Å². The number of rotatable bonds is 1. The molecule has 0 aliphatic heterocycles. The van der Waals surface area contributed by atoms with Gasteiger partial charge in [0.25, 0.3) is 0 Å². The number of aromatic nitrogens is 1. The topological polar surface area (TPSA) is 30.0 Å². The van der Waals surface area contributed by atoms with Crippen LogP contribution in [0.15, 0.2) is 10.5 Å². The van der Waals surface area contributed by atoms with Crippen molar-refractivity contribution in [1.29, 1.82) is 0 Å². The van der Waals surface area contributed by atoms with Crippen molar-refractivity contribution in [1.82, 2.24) is 4.98 Å². The second-order valence-corrected chi connectivity index (χ2v) is 3.23. The van der Waals surface area contributed by atoms with Crippen LogP contribution in [0.2, 0.25) is 0 Å². The number of hydrogen-bond donors (Lipinski definition) is 0. The molecule has 0 spiro atoms. The van der Waals surface area contributed by atoms with Gasteiger partial charge in [0.2, 0.25) is 0 Å². The van der Waals surface area contributed by atoms with E-state index in [9.17, 15) is 4.79 Å². The molecule has 0 aliphatic carbocycles. The lowest BCUT2D eigenvalue weighted by molar-refractivity contribution is 0.111. The molecule has 0 radical (unpaired) electrons. The monoisotopic (exact) mass is 213 g/mol. The summed E-state index contributed by atoms with van der Waals surface area (Å²) in [4.78, 5) is 14.5. The van der Waals surface area contributed by atoms with Crippen LogP contribution in [0.5, 0.6) is 0 Å². The molecule has 0 bridgehead atoms. The van der Waals surface area contributed by atoms with Gasteiger partial charge in [-0.3, -0.25) is 4.79 Å². The lowest BCUT2D eigenvalue weighted by atomic mass is 10.2. The van der Waals surface area contributed by atoms with Gasteiger partial charge in [-0.2, -0.15) is 0 Å². The van der Waals surface area contributed by atoms with Gasteiger partial charge in [-0.1, -0.05) is 0 Å². The van der Waals surface area contributed by atoms with Crippen molar-refractivity contribution in [2.24, 2.45) is 0 Å². The highest BCUT2D eigenvalue weighted by Crippen LogP contribution is 2.16. The Balaban J connectivity index is 3.31. The average Bonchev–Trinajstić information content (AvgIpc) is 1.97. The Hall–Kier alpha value is -0.700. The van der Waals surface area contributed by atoms with E-state index in [0.717, 1.165) is 22.0 Å². The third-order valence-corrected chi connectivity index (χ3v) is 2.19. The molecule has 0 saturated heterocycles. The number of aldehydes is 1.